The highest BCUT2D eigenvalue weighted by molar-refractivity contribution is 6.30. The van der Waals surface area contributed by atoms with Crippen molar-refractivity contribution in [3.05, 3.63) is 65.2 Å². The van der Waals surface area contributed by atoms with Crippen LogP contribution < -0.4 is 10.6 Å². The smallest absolute Gasteiger partial charge is 0.0475 e. The predicted molar refractivity (Wildman–Crippen MR) is 87.4 cm³/mol. The van der Waals surface area contributed by atoms with Crippen molar-refractivity contribution in [2.75, 3.05) is 11.9 Å². The fraction of sp³-hybridized carbons (Fsp3) is 0.294. The van der Waals surface area contributed by atoms with Gasteiger partial charge in [-0.2, -0.15) is 0 Å². The van der Waals surface area contributed by atoms with Gasteiger partial charge < -0.3 is 10.6 Å². The summed E-state index contributed by atoms with van der Waals surface area (Å²) in [5.74, 6) is 0. The highest BCUT2D eigenvalue weighted by Gasteiger charge is 2.19. The van der Waals surface area contributed by atoms with E-state index < -0.39 is 0 Å². The molecule has 0 aromatic heterocycles. The minimum absolute atomic E-state index is 0.0795. The lowest BCUT2D eigenvalue weighted by atomic mass is 9.99. The molecule has 0 spiro atoms. The zero-order valence-electron chi connectivity index (χ0n) is 12.0. The van der Waals surface area contributed by atoms with Crippen molar-refractivity contribution < 1.29 is 0 Å². The third kappa shape index (κ3) is 3.75. The van der Waals surface area contributed by atoms with E-state index >= 15 is 0 Å². The molecule has 0 aliphatic rings. The molecule has 2 aromatic carbocycles. The normalized spacial score (nSPS) is 13.8. The summed E-state index contributed by atoms with van der Waals surface area (Å²) in [7, 11) is 2.10. The van der Waals surface area contributed by atoms with Gasteiger partial charge in [0, 0.05) is 29.8 Å². The van der Waals surface area contributed by atoms with Gasteiger partial charge in [0.15, 0.2) is 0 Å². The molecule has 0 unspecified atom stereocenters. The summed E-state index contributed by atoms with van der Waals surface area (Å²) in [6.07, 6.45) is 0.903. The Balaban J connectivity index is 2.17. The maximum absolute atomic E-state index is 6.18. The average molecular weight is 289 g/mol. The quantitative estimate of drug-likeness (QED) is 0.908. The summed E-state index contributed by atoms with van der Waals surface area (Å²) >= 11 is 5.93. The Kier molecular flexibility index (Phi) is 5.05. The van der Waals surface area contributed by atoms with Crippen LogP contribution in [0.5, 0.6) is 0 Å². The van der Waals surface area contributed by atoms with E-state index in [1.54, 1.807) is 0 Å². The van der Waals surface area contributed by atoms with E-state index in [2.05, 4.69) is 43.1 Å². The number of hydrogen-bond acceptors (Lipinski definition) is 2. The topological polar surface area (TPSA) is 29.3 Å². The molecule has 3 heteroatoms. The van der Waals surface area contributed by atoms with Gasteiger partial charge in [0.1, 0.15) is 0 Å². The van der Waals surface area contributed by atoms with Gasteiger partial charge in [-0.25, -0.2) is 0 Å². The van der Waals surface area contributed by atoms with E-state index in [1.807, 2.05) is 30.3 Å². The molecule has 0 fully saturated rings. The van der Waals surface area contributed by atoms with Gasteiger partial charge in [0.2, 0.25) is 0 Å². The number of benzene rings is 2. The summed E-state index contributed by atoms with van der Waals surface area (Å²) in [5.41, 5.74) is 8.62. The SMILES string of the molecule is C[C@H](N)[C@H](Cc1ccc(Cl)cc1)N(C)c1ccccc1. The monoisotopic (exact) mass is 288 g/mol. The van der Waals surface area contributed by atoms with Crippen molar-refractivity contribution in [1.29, 1.82) is 0 Å². The van der Waals surface area contributed by atoms with Crippen LogP contribution in [-0.2, 0) is 6.42 Å². The summed E-state index contributed by atoms with van der Waals surface area (Å²) < 4.78 is 0. The Morgan fingerprint density at radius 1 is 1.05 bits per heavy atom. The van der Waals surface area contributed by atoms with Crippen LogP contribution in [0.1, 0.15) is 12.5 Å². The maximum atomic E-state index is 6.18. The number of para-hydroxylation sites is 1. The first-order valence-corrected chi connectivity index (χ1v) is 7.23. The lowest BCUT2D eigenvalue weighted by Gasteiger charge is -2.33. The van der Waals surface area contributed by atoms with Crippen molar-refractivity contribution in [2.45, 2.75) is 25.4 Å². The molecule has 2 aromatic rings. The lowest BCUT2D eigenvalue weighted by molar-refractivity contribution is 0.530. The van der Waals surface area contributed by atoms with Gasteiger partial charge in [-0.3, -0.25) is 0 Å². The second-order valence-electron chi connectivity index (χ2n) is 5.20. The Hall–Kier alpha value is -1.51. The Morgan fingerprint density at radius 3 is 2.20 bits per heavy atom. The standard InChI is InChI=1S/C17H21ClN2/c1-13(19)17(12-14-8-10-15(18)11-9-14)20(2)16-6-4-3-5-7-16/h3-11,13,17H,12,19H2,1-2H3/t13-,17-/m0/s1. The van der Waals surface area contributed by atoms with Crippen molar-refractivity contribution in [3.8, 4) is 0 Å². The number of halogens is 1. The van der Waals surface area contributed by atoms with Crippen LogP contribution in [0.3, 0.4) is 0 Å². The van der Waals surface area contributed by atoms with Crippen molar-refractivity contribution in [3.63, 3.8) is 0 Å². The minimum atomic E-state index is 0.0795. The average Bonchev–Trinajstić information content (AvgIpc) is 2.46. The number of hydrogen-bond donors (Lipinski definition) is 1. The van der Waals surface area contributed by atoms with Crippen LogP contribution in [0.25, 0.3) is 0 Å². The molecule has 106 valence electrons. The Morgan fingerprint density at radius 2 is 1.65 bits per heavy atom. The second kappa shape index (κ2) is 6.78. The number of rotatable bonds is 5. The van der Waals surface area contributed by atoms with Crippen LogP contribution in [0.4, 0.5) is 5.69 Å². The first-order chi connectivity index (χ1) is 9.58. The molecule has 2 rings (SSSR count). The summed E-state index contributed by atoms with van der Waals surface area (Å²) in [6.45, 7) is 2.06. The van der Waals surface area contributed by atoms with E-state index in [0.717, 1.165) is 11.4 Å². The van der Waals surface area contributed by atoms with Crippen LogP contribution >= 0.6 is 11.6 Å². The fourth-order valence-corrected chi connectivity index (χ4v) is 2.52. The molecule has 0 aliphatic heterocycles. The van der Waals surface area contributed by atoms with Gasteiger partial charge in [0.05, 0.1) is 0 Å². The molecular weight excluding hydrogens is 268 g/mol. The molecule has 0 heterocycles. The van der Waals surface area contributed by atoms with Crippen molar-refractivity contribution in [2.24, 2.45) is 5.73 Å². The maximum Gasteiger partial charge on any atom is 0.0475 e. The minimum Gasteiger partial charge on any atom is -0.370 e. The largest absolute Gasteiger partial charge is 0.370 e. The van der Waals surface area contributed by atoms with Crippen LogP contribution in [-0.4, -0.2) is 19.1 Å². The summed E-state index contributed by atoms with van der Waals surface area (Å²) in [4.78, 5) is 2.25. The molecule has 0 radical (unpaired) electrons. The van der Waals surface area contributed by atoms with E-state index in [4.69, 9.17) is 17.3 Å². The number of likely N-dealkylation sites (N-methyl/N-ethyl adjacent to an activating group) is 1. The first kappa shape index (κ1) is 14.9. The van der Waals surface area contributed by atoms with Crippen LogP contribution in [0.15, 0.2) is 54.6 Å². The number of nitrogens with two attached hydrogens (primary N) is 1. The van der Waals surface area contributed by atoms with Crippen LogP contribution in [0.2, 0.25) is 5.02 Å². The molecular formula is C17H21ClN2. The third-order valence-corrected chi connectivity index (χ3v) is 3.88. The van der Waals surface area contributed by atoms with E-state index in [-0.39, 0.29) is 12.1 Å². The van der Waals surface area contributed by atoms with Gasteiger partial charge in [0.25, 0.3) is 0 Å². The Bertz CT molecular complexity index is 522. The van der Waals surface area contributed by atoms with Gasteiger partial charge >= 0.3 is 0 Å². The second-order valence-corrected chi connectivity index (χ2v) is 5.64. The first-order valence-electron chi connectivity index (χ1n) is 6.86. The molecule has 2 nitrogen and oxygen atoms in total. The van der Waals surface area contributed by atoms with Gasteiger partial charge in [-0.15, -0.1) is 0 Å². The van der Waals surface area contributed by atoms with E-state index in [9.17, 15) is 0 Å². The molecule has 0 saturated heterocycles. The van der Waals surface area contributed by atoms with E-state index in [1.165, 1.54) is 11.3 Å². The van der Waals surface area contributed by atoms with Crippen molar-refractivity contribution in [1.82, 2.24) is 0 Å². The molecule has 0 saturated carbocycles. The molecule has 20 heavy (non-hydrogen) atoms. The predicted octanol–water partition coefficient (Wildman–Crippen LogP) is 3.73. The zero-order valence-corrected chi connectivity index (χ0v) is 12.7. The van der Waals surface area contributed by atoms with Gasteiger partial charge in [-0.1, -0.05) is 41.9 Å². The molecule has 0 amide bonds. The lowest BCUT2D eigenvalue weighted by Crippen LogP contribution is -2.46. The van der Waals surface area contributed by atoms with Crippen LogP contribution in [0, 0.1) is 0 Å². The summed E-state index contributed by atoms with van der Waals surface area (Å²) in [6, 6.07) is 18.7. The van der Waals surface area contributed by atoms with Gasteiger partial charge in [-0.05, 0) is 43.2 Å². The number of nitrogens with zero attached hydrogens (tertiary/aromatic N) is 1. The molecule has 2 N–H and O–H groups in total. The fourth-order valence-electron chi connectivity index (χ4n) is 2.39. The zero-order chi connectivity index (χ0) is 14.5. The Labute approximate surface area is 126 Å². The highest BCUT2D eigenvalue weighted by Crippen LogP contribution is 2.19. The molecule has 0 aliphatic carbocycles. The van der Waals surface area contributed by atoms with E-state index in [0.29, 0.717) is 0 Å². The summed E-state index contributed by atoms with van der Waals surface area (Å²) in [5, 5.41) is 0.766. The number of anilines is 1. The molecule has 2 atom stereocenters. The third-order valence-electron chi connectivity index (χ3n) is 3.63. The highest BCUT2D eigenvalue weighted by atomic mass is 35.5. The molecule has 0 bridgehead atoms. The van der Waals surface area contributed by atoms with Crippen molar-refractivity contribution >= 4 is 17.3 Å².